The summed E-state index contributed by atoms with van der Waals surface area (Å²) in [6, 6.07) is -4.06. The average molecular weight is 417 g/mol. The number of carboxylic acid groups (broad SMARTS) is 2. The Kier molecular flexibility index (Phi) is 11.4. The van der Waals surface area contributed by atoms with Gasteiger partial charge < -0.3 is 43.8 Å². The maximum absolute atomic E-state index is 12.4. The zero-order chi connectivity index (χ0) is 22.6. The fourth-order valence-corrected chi connectivity index (χ4v) is 2.13. The molecule has 0 aliphatic heterocycles. The molecule has 3 unspecified atom stereocenters. The Morgan fingerprint density at radius 1 is 0.897 bits per heavy atom. The van der Waals surface area contributed by atoms with Crippen LogP contribution in [0.15, 0.2) is 4.99 Å². The highest BCUT2D eigenvalue weighted by Crippen LogP contribution is 2.03. The van der Waals surface area contributed by atoms with Gasteiger partial charge in [0.25, 0.3) is 0 Å². The lowest BCUT2D eigenvalue weighted by Gasteiger charge is -2.22. The molecule has 0 spiro atoms. The molecule has 0 saturated heterocycles. The van der Waals surface area contributed by atoms with Crippen molar-refractivity contribution in [1.82, 2.24) is 10.6 Å². The number of carboxylic acids is 2. The number of rotatable bonds is 14. The van der Waals surface area contributed by atoms with E-state index < -0.39 is 54.2 Å². The Morgan fingerprint density at radius 2 is 1.48 bits per heavy atom. The number of amides is 3. The monoisotopic (exact) mass is 417 g/mol. The average Bonchev–Trinajstić information content (AvgIpc) is 2.60. The minimum Gasteiger partial charge on any atom is -0.481 e. The molecule has 0 saturated carbocycles. The molecule has 0 heterocycles. The van der Waals surface area contributed by atoms with Crippen LogP contribution in [-0.2, 0) is 24.0 Å². The van der Waals surface area contributed by atoms with Crippen molar-refractivity contribution in [1.29, 1.82) is 0 Å². The van der Waals surface area contributed by atoms with Crippen molar-refractivity contribution < 1.29 is 34.2 Å². The Hall–Kier alpha value is -3.42. The summed E-state index contributed by atoms with van der Waals surface area (Å²) in [5.41, 5.74) is 21.0. The summed E-state index contributed by atoms with van der Waals surface area (Å²) in [4.78, 5) is 61.0. The van der Waals surface area contributed by atoms with E-state index in [-0.39, 0.29) is 38.2 Å². The molecule has 0 bridgehead atoms. The van der Waals surface area contributed by atoms with Crippen LogP contribution >= 0.6 is 0 Å². The first-order chi connectivity index (χ1) is 13.4. The van der Waals surface area contributed by atoms with Gasteiger partial charge in [-0.2, -0.15) is 0 Å². The minimum absolute atomic E-state index is 0.0102. The third kappa shape index (κ3) is 11.8. The summed E-state index contributed by atoms with van der Waals surface area (Å²) in [5, 5.41) is 22.2. The van der Waals surface area contributed by atoms with Gasteiger partial charge in [0.2, 0.25) is 17.7 Å². The van der Waals surface area contributed by atoms with Gasteiger partial charge in [0.15, 0.2) is 5.96 Å². The van der Waals surface area contributed by atoms with Crippen LogP contribution in [0.25, 0.3) is 0 Å². The van der Waals surface area contributed by atoms with Crippen LogP contribution in [0, 0.1) is 0 Å². The molecule has 14 heteroatoms. The standard InChI is InChI=1S/C15H27N7O7/c16-7(3-4-10(17)23)12(26)21-8(2-1-5-20-15(18)19)13(27)22-9(14(28)29)6-11(24)25/h7-9H,1-6,16H2,(H2,17,23)(H,21,26)(H,22,27)(H,24,25)(H,28,29)(H4,18,19,20). The largest absolute Gasteiger partial charge is 0.481 e. The first-order valence-corrected chi connectivity index (χ1v) is 8.58. The van der Waals surface area contributed by atoms with Crippen LogP contribution in [0.2, 0.25) is 0 Å². The molecule has 0 aromatic heterocycles. The Bertz CT molecular complexity index is 649. The molecule has 3 amide bonds. The lowest BCUT2D eigenvalue weighted by molar-refractivity contribution is -0.147. The van der Waals surface area contributed by atoms with Crippen molar-refractivity contribution in [2.45, 2.75) is 50.2 Å². The Balaban J connectivity index is 5.14. The van der Waals surface area contributed by atoms with E-state index in [1.54, 1.807) is 0 Å². The molecule has 0 rings (SSSR count). The number of nitrogens with one attached hydrogen (secondary N) is 2. The van der Waals surface area contributed by atoms with Crippen molar-refractivity contribution in [2.75, 3.05) is 6.54 Å². The van der Waals surface area contributed by atoms with E-state index in [1.807, 2.05) is 0 Å². The summed E-state index contributed by atoms with van der Waals surface area (Å²) >= 11 is 0. The van der Waals surface area contributed by atoms with E-state index in [0.717, 1.165) is 0 Å². The number of primary amides is 1. The first-order valence-electron chi connectivity index (χ1n) is 8.58. The Labute approximate surface area is 166 Å². The zero-order valence-electron chi connectivity index (χ0n) is 15.7. The molecule has 29 heavy (non-hydrogen) atoms. The molecule has 3 atom stereocenters. The van der Waals surface area contributed by atoms with Crippen molar-refractivity contribution in [3.63, 3.8) is 0 Å². The lowest BCUT2D eigenvalue weighted by atomic mass is 10.1. The quantitative estimate of drug-likeness (QED) is 0.0774. The van der Waals surface area contributed by atoms with E-state index in [2.05, 4.69) is 15.6 Å². The first kappa shape index (κ1) is 25.6. The van der Waals surface area contributed by atoms with Gasteiger partial charge in [-0.1, -0.05) is 0 Å². The van der Waals surface area contributed by atoms with Gasteiger partial charge in [0.05, 0.1) is 12.5 Å². The summed E-state index contributed by atoms with van der Waals surface area (Å²) in [7, 11) is 0. The number of hydrogen-bond acceptors (Lipinski definition) is 7. The molecular formula is C15H27N7O7. The number of guanidine groups is 1. The number of aliphatic imine (C=N–C) groups is 1. The number of nitrogens with two attached hydrogens (primary N) is 4. The van der Waals surface area contributed by atoms with E-state index in [0.29, 0.717) is 0 Å². The minimum atomic E-state index is -1.69. The van der Waals surface area contributed by atoms with E-state index in [4.69, 9.17) is 33.1 Å². The molecular weight excluding hydrogens is 390 g/mol. The highest BCUT2D eigenvalue weighted by molar-refractivity contribution is 5.92. The number of hydrogen-bond donors (Lipinski definition) is 8. The zero-order valence-corrected chi connectivity index (χ0v) is 15.7. The van der Waals surface area contributed by atoms with E-state index >= 15 is 0 Å². The topological polar surface area (TPSA) is 266 Å². The summed E-state index contributed by atoms with van der Waals surface area (Å²) in [5.74, 6) is -5.49. The summed E-state index contributed by atoms with van der Waals surface area (Å²) in [6.07, 6.45) is -0.802. The highest BCUT2D eigenvalue weighted by Gasteiger charge is 2.29. The molecule has 14 nitrogen and oxygen atoms in total. The van der Waals surface area contributed by atoms with Gasteiger partial charge in [-0.05, 0) is 19.3 Å². The molecule has 0 aromatic rings. The maximum Gasteiger partial charge on any atom is 0.326 e. The van der Waals surface area contributed by atoms with Crippen molar-refractivity contribution in [3.05, 3.63) is 0 Å². The molecule has 0 aliphatic carbocycles. The van der Waals surface area contributed by atoms with Crippen LogP contribution in [-0.4, -0.2) is 70.5 Å². The van der Waals surface area contributed by atoms with E-state index in [1.165, 1.54) is 0 Å². The van der Waals surface area contributed by atoms with Crippen LogP contribution < -0.4 is 33.6 Å². The van der Waals surface area contributed by atoms with Crippen LogP contribution in [0.4, 0.5) is 0 Å². The van der Waals surface area contributed by atoms with Gasteiger partial charge in [-0.15, -0.1) is 0 Å². The van der Waals surface area contributed by atoms with Gasteiger partial charge in [0.1, 0.15) is 12.1 Å². The normalized spacial score (nSPS) is 13.4. The molecule has 0 aromatic carbocycles. The van der Waals surface area contributed by atoms with E-state index in [9.17, 15) is 24.0 Å². The third-order valence-electron chi connectivity index (χ3n) is 3.61. The van der Waals surface area contributed by atoms with Crippen LogP contribution in [0.1, 0.15) is 32.1 Å². The van der Waals surface area contributed by atoms with Crippen molar-refractivity contribution in [2.24, 2.45) is 27.9 Å². The van der Waals surface area contributed by atoms with Crippen molar-refractivity contribution >= 4 is 35.6 Å². The molecule has 0 aliphatic rings. The molecule has 0 radical (unpaired) electrons. The number of nitrogens with zero attached hydrogens (tertiary/aromatic N) is 1. The highest BCUT2D eigenvalue weighted by atomic mass is 16.4. The summed E-state index contributed by atoms with van der Waals surface area (Å²) in [6.45, 7) is 0.132. The van der Waals surface area contributed by atoms with Gasteiger partial charge in [0, 0.05) is 13.0 Å². The second kappa shape index (κ2) is 12.9. The second-order valence-electron chi connectivity index (χ2n) is 6.12. The number of aliphatic carboxylic acids is 2. The third-order valence-corrected chi connectivity index (χ3v) is 3.61. The second-order valence-corrected chi connectivity index (χ2v) is 6.12. The van der Waals surface area contributed by atoms with Crippen LogP contribution in [0.3, 0.4) is 0 Å². The predicted octanol–water partition coefficient (Wildman–Crippen LogP) is -3.84. The van der Waals surface area contributed by atoms with Crippen LogP contribution in [0.5, 0.6) is 0 Å². The molecule has 164 valence electrons. The molecule has 12 N–H and O–H groups in total. The predicted molar refractivity (Wildman–Crippen MR) is 100 cm³/mol. The molecule has 0 fully saturated rings. The lowest BCUT2D eigenvalue weighted by Crippen LogP contribution is -2.54. The number of carbonyl (C=O) groups excluding carboxylic acids is 3. The fourth-order valence-electron chi connectivity index (χ4n) is 2.13. The smallest absolute Gasteiger partial charge is 0.326 e. The maximum atomic E-state index is 12.4. The van der Waals surface area contributed by atoms with Gasteiger partial charge >= 0.3 is 11.9 Å². The number of carbonyl (C=O) groups is 5. The Morgan fingerprint density at radius 3 is 1.97 bits per heavy atom. The fraction of sp³-hybridized carbons (Fsp3) is 0.600. The van der Waals surface area contributed by atoms with Gasteiger partial charge in [-0.3, -0.25) is 24.2 Å². The van der Waals surface area contributed by atoms with Crippen molar-refractivity contribution in [3.8, 4) is 0 Å². The van der Waals surface area contributed by atoms with Gasteiger partial charge in [-0.25, -0.2) is 4.79 Å². The SMILES string of the molecule is NC(=O)CCC(N)C(=O)NC(CCCN=C(N)N)C(=O)NC(CC(=O)O)C(=O)O. The summed E-state index contributed by atoms with van der Waals surface area (Å²) < 4.78 is 0.